The summed E-state index contributed by atoms with van der Waals surface area (Å²) >= 11 is 0. The van der Waals surface area contributed by atoms with E-state index in [2.05, 4.69) is 23.8 Å². The third-order valence-corrected chi connectivity index (χ3v) is 3.43. The van der Waals surface area contributed by atoms with E-state index in [9.17, 15) is 0 Å². The predicted molar refractivity (Wildman–Crippen MR) is 51.3 cm³/mol. The molecule has 2 heteroatoms. The first-order valence-corrected chi connectivity index (χ1v) is 5.25. The number of piperazine rings is 1. The molecule has 2 fully saturated rings. The number of fused-ring (bicyclic) bond motifs is 2. The largest absolute Gasteiger partial charge is 0.301 e. The maximum absolute atomic E-state index is 2.69. The van der Waals surface area contributed by atoms with Crippen molar-refractivity contribution in [2.24, 2.45) is 0 Å². The quantitative estimate of drug-likeness (QED) is 0.624. The van der Waals surface area contributed by atoms with E-state index in [1.54, 1.807) is 0 Å². The number of likely N-dealkylation sites (tertiary alicyclic amines) is 2. The van der Waals surface area contributed by atoms with E-state index in [1.807, 2.05) is 0 Å². The van der Waals surface area contributed by atoms with Crippen LogP contribution in [-0.4, -0.2) is 48.6 Å². The van der Waals surface area contributed by atoms with Crippen molar-refractivity contribution in [2.75, 3.05) is 26.7 Å². The Kier molecular flexibility index (Phi) is 2.37. The SMILES string of the molecule is CCCCN1CC2C[C@H]1CN2C. The minimum Gasteiger partial charge on any atom is -0.301 e. The molecule has 0 amide bonds. The molecule has 0 aromatic carbocycles. The van der Waals surface area contributed by atoms with Crippen molar-refractivity contribution in [1.82, 2.24) is 9.80 Å². The minimum atomic E-state index is 0.881. The molecule has 2 bridgehead atoms. The Morgan fingerprint density at radius 3 is 2.58 bits per heavy atom. The highest BCUT2D eigenvalue weighted by atomic mass is 15.3. The zero-order valence-electron chi connectivity index (χ0n) is 8.29. The summed E-state index contributed by atoms with van der Waals surface area (Å²) < 4.78 is 0. The molecule has 0 N–H and O–H groups in total. The average molecular weight is 168 g/mol. The van der Waals surface area contributed by atoms with Gasteiger partial charge < -0.3 is 4.90 Å². The summed E-state index contributed by atoms with van der Waals surface area (Å²) in [5.74, 6) is 0. The molecular weight excluding hydrogens is 148 g/mol. The van der Waals surface area contributed by atoms with E-state index in [4.69, 9.17) is 0 Å². The molecule has 70 valence electrons. The summed E-state index contributed by atoms with van der Waals surface area (Å²) in [5.41, 5.74) is 0. The van der Waals surface area contributed by atoms with Crippen molar-refractivity contribution in [3.63, 3.8) is 0 Å². The van der Waals surface area contributed by atoms with Gasteiger partial charge >= 0.3 is 0 Å². The van der Waals surface area contributed by atoms with Gasteiger partial charge in [-0.15, -0.1) is 0 Å². The third kappa shape index (κ3) is 1.38. The highest BCUT2D eigenvalue weighted by Crippen LogP contribution is 2.29. The Morgan fingerprint density at radius 2 is 2.08 bits per heavy atom. The number of unbranched alkanes of at least 4 members (excludes halogenated alkanes) is 1. The lowest BCUT2D eigenvalue weighted by Crippen LogP contribution is -2.44. The molecule has 2 nitrogen and oxygen atoms in total. The van der Waals surface area contributed by atoms with Crippen molar-refractivity contribution in [1.29, 1.82) is 0 Å². The molecule has 2 rings (SSSR count). The van der Waals surface area contributed by atoms with Gasteiger partial charge in [-0.25, -0.2) is 0 Å². The van der Waals surface area contributed by atoms with Crippen LogP contribution < -0.4 is 0 Å². The number of likely N-dealkylation sites (N-methyl/N-ethyl adjacent to an activating group) is 1. The highest BCUT2D eigenvalue weighted by molar-refractivity contribution is 4.97. The van der Waals surface area contributed by atoms with Gasteiger partial charge in [0.15, 0.2) is 0 Å². The fourth-order valence-corrected chi connectivity index (χ4v) is 2.58. The molecular formula is C10H20N2. The summed E-state index contributed by atoms with van der Waals surface area (Å²) in [7, 11) is 2.27. The molecule has 0 radical (unpaired) electrons. The lowest BCUT2D eigenvalue weighted by atomic mass is 10.2. The van der Waals surface area contributed by atoms with Gasteiger partial charge in [0.05, 0.1) is 0 Å². The standard InChI is InChI=1S/C10H20N2/c1-3-4-5-12-8-9-6-10(12)7-11(9)2/h9-10H,3-8H2,1-2H3/t9?,10-/m0/s1. The lowest BCUT2D eigenvalue weighted by Gasteiger charge is -2.31. The van der Waals surface area contributed by atoms with Crippen molar-refractivity contribution in [3.8, 4) is 0 Å². The molecule has 2 aliphatic rings. The molecule has 0 aromatic heterocycles. The predicted octanol–water partition coefficient (Wildman–Crippen LogP) is 1.17. The summed E-state index contributed by atoms with van der Waals surface area (Å²) in [5, 5.41) is 0. The van der Waals surface area contributed by atoms with Crippen LogP contribution in [0.4, 0.5) is 0 Å². The third-order valence-electron chi connectivity index (χ3n) is 3.43. The fraction of sp³-hybridized carbons (Fsp3) is 1.00. The van der Waals surface area contributed by atoms with Gasteiger partial charge in [-0.1, -0.05) is 13.3 Å². The van der Waals surface area contributed by atoms with Crippen LogP contribution in [0.15, 0.2) is 0 Å². The van der Waals surface area contributed by atoms with Crippen LogP contribution in [0, 0.1) is 0 Å². The number of nitrogens with zero attached hydrogens (tertiary/aromatic N) is 2. The van der Waals surface area contributed by atoms with Crippen molar-refractivity contribution < 1.29 is 0 Å². The van der Waals surface area contributed by atoms with Crippen LogP contribution >= 0.6 is 0 Å². The van der Waals surface area contributed by atoms with Crippen molar-refractivity contribution in [3.05, 3.63) is 0 Å². The van der Waals surface area contributed by atoms with Gasteiger partial charge in [-0.05, 0) is 26.4 Å². The Hall–Kier alpha value is -0.0800. The van der Waals surface area contributed by atoms with Gasteiger partial charge in [-0.3, -0.25) is 4.90 Å². The number of rotatable bonds is 3. The molecule has 0 aliphatic carbocycles. The Bertz CT molecular complexity index is 156. The minimum absolute atomic E-state index is 0.881. The summed E-state index contributed by atoms with van der Waals surface area (Å²) in [6, 6.07) is 1.78. The molecule has 12 heavy (non-hydrogen) atoms. The van der Waals surface area contributed by atoms with Gasteiger partial charge in [0.25, 0.3) is 0 Å². The summed E-state index contributed by atoms with van der Waals surface area (Å²) in [6.45, 7) is 6.27. The van der Waals surface area contributed by atoms with Crippen LogP contribution in [-0.2, 0) is 0 Å². The van der Waals surface area contributed by atoms with E-state index in [0.717, 1.165) is 12.1 Å². The van der Waals surface area contributed by atoms with Gasteiger partial charge in [0.2, 0.25) is 0 Å². The number of hydrogen-bond acceptors (Lipinski definition) is 2. The van der Waals surface area contributed by atoms with Crippen LogP contribution in [0.2, 0.25) is 0 Å². The monoisotopic (exact) mass is 168 g/mol. The summed E-state index contributed by atoms with van der Waals surface area (Å²) in [4.78, 5) is 5.21. The zero-order chi connectivity index (χ0) is 8.55. The second-order valence-corrected chi connectivity index (χ2v) is 4.33. The van der Waals surface area contributed by atoms with Crippen LogP contribution in [0.25, 0.3) is 0 Å². The van der Waals surface area contributed by atoms with E-state index in [1.165, 1.54) is 38.9 Å². The molecule has 0 saturated carbocycles. The van der Waals surface area contributed by atoms with Gasteiger partial charge in [0.1, 0.15) is 0 Å². The van der Waals surface area contributed by atoms with Gasteiger partial charge in [-0.2, -0.15) is 0 Å². The molecule has 2 aliphatic heterocycles. The molecule has 0 spiro atoms. The van der Waals surface area contributed by atoms with Gasteiger partial charge in [0, 0.05) is 25.2 Å². The van der Waals surface area contributed by atoms with E-state index in [0.29, 0.717) is 0 Å². The molecule has 0 aromatic rings. The molecule has 2 atom stereocenters. The van der Waals surface area contributed by atoms with E-state index in [-0.39, 0.29) is 0 Å². The normalized spacial score (nSPS) is 36.5. The smallest absolute Gasteiger partial charge is 0.0239 e. The highest BCUT2D eigenvalue weighted by Gasteiger charge is 2.40. The van der Waals surface area contributed by atoms with Crippen LogP contribution in [0.5, 0.6) is 0 Å². The lowest BCUT2D eigenvalue weighted by molar-refractivity contribution is 0.148. The van der Waals surface area contributed by atoms with Crippen molar-refractivity contribution >= 4 is 0 Å². The molecule has 1 unspecified atom stereocenters. The maximum Gasteiger partial charge on any atom is 0.0239 e. The second-order valence-electron chi connectivity index (χ2n) is 4.33. The van der Waals surface area contributed by atoms with Crippen LogP contribution in [0.1, 0.15) is 26.2 Å². The Morgan fingerprint density at radius 1 is 1.25 bits per heavy atom. The Balaban J connectivity index is 1.82. The van der Waals surface area contributed by atoms with Crippen molar-refractivity contribution in [2.45, 2.75) is 38.3 Å². The molecule has 2 heterocycles. The van der Waals surface area contributed by atoms with E-state index >= 15 is 0 Å². The first-order chi connectivity index (χ1) is 5.81. The fourth-order valence-electron chi connectivity index (χ4n) is 2.58. The topological polar surface area (TPSA) is 6.48 Å². The zero-order valence-corrected chi connectivity index (χ0v) is 8.29. The first kappa shape index (κ1) is 8.52. The average Bonchev–Trinajstić information content (AvgIpc) is 2.58. The summed E-state index contributed by atoms with van der Waals surface area (Å²) in [6.07, 6.45) is 4.15. The second kappa shape index (κ2) is 3.35. The first-order valence-electron chi connectivity index (χ1n) is 5.25. The maximum atomic E-state index is 2.69. The Labute approximate surface area is 75.5 Å². The number of hydrogen-bond donors (Lipinski definition) is 0. The van der Waals surface area contributed by atoms with E-state index < -0.39 is 0 Å². The molecule has 2 saturated heterocycles. The van der Waals surface area contributed by atoms with Crippen LogP contribution in [0.3, 0.4) is 0 Å².